The van der Waals surface area contributed by atoms with Crippen LogP contribution in [0.3, 0.4) is 0 Å². The molecule has 1 unspecified atom stereocenters. The molecule has 4 fully saturated rings. The van der Waals surface area contributed by atoms with E-state index in [1.54, 1.807) is 31.2 Å². The zero-order valence-corrected chi connectivity index (χ0v) is 17.5. The third kappa shape index (κ3) is 5.17. The SMILES string of the molecule is CC(=O)c1ccc(NC(=O)NC[C@@H]2C[C@H]3CCN2C[C@@H]3CN2CCCCC2)cc1. The maximum atomic E-state index is 12.3. The largest absolute Gasteiger partial charge is 0.336 e. The first-order chi connectivity index (χ1) is 14.1. The molecule has 2 bridgehead atoms. The number of likely N-dealkylation sites (tertiary alicyclic amines) is 1. The van der Waals surface area contributed by atoms with Crippen molar-refractivity contribution < 1.29 is 9.59 Å². The van der Waals surface area contributed by atoms with Crippen LogP contribution in [0.15, 0.2) is 24.3 Å². The number of hydrogen-bond acceptors (Lipinski definition) is 4. The molecule has 0 radical (unpaired) electrons. The quantitative estimate of drug-likeness (QED) is 0.723. The van der Waals surface area contributed by atoms with Crippen molar-refractivity contribution in [1.29, 1.82) is 0 Å². The van der Waals surface area contributed by atoms with E-state index in [1.165, 1.54) is 64.8 Å². The van der Waals surface area contributed by atoms with Gasteiger partial charge in [0.15, 0.2) is 5.78 Å². The number of fused-ring (bicyclic) bond motifs is 3. The van der Waals surface area contributed by atoms with E-state index in [-0.39, 0.29) is 11.8 Å². The van der Waals surface area contributed by atoms with E-state index in [0.717, 1.165) is 11.8 Å². The van der Waals surface area contributed by atoms with E-state index in [9.17, 15) is 9.59 Å². The Kier molecular flexibility index (Phi) is 6.50. The van der Waals surface area contributed by atoms with Crippen LogP contribution in [-0.4, -0.2) is 66.9 Å². The van der Waals surface area contributed by atoms with E-state index in [2.05, 4.69) is 20.4 Å². The summed E-state index contributed by atoms with van der Waals surface area (Å²) in [6.45, 7) is 8.41. The van der Waals surface area contributed by atoms with Gasteiger partial charge < -0.3 is 15.5 Å². The number of urea groups is 1. The van der Waals surface area contributed by atoms with Crippen molar-refractivity contribution in [2.24, 2.45) is 11.8 Å². The number of nitrogens with one attached hydrogen (secondary N) is 2. The Morgan fingerprint density at radius 2 is 1.83 bits per heavy atom. The third-order valence-electron chi connectivity index (χ3n) is 7.00. The van der Waals surface area contributed by atoms with Crippen molar-refractivity contribution in [3.05, 3.63) is 29.8 Å². The number of piperidine rings is 4. The van der Waals surface area contributed by atoms with Gasteiger partial charge in [0, 0.05) is 36.9 Å². The number of Topliss-reactive ketones (excluding diaryl/α,β-unsaturated/α-hetero) is 1. The molecule has 0 aromatic heterocycles. The van der Waals surface area contributed by atoms with Crippen molar-refractivity contribution in [2.45, 2.75) is 45.1 Å². The van der Waals surface area contributed by atoms with E-state index >= 15 is 0 Å². The van der Waals surface area contributed by atoms with Crippen molar-refractivity contribution in [3.63, 3.8) is 0 Å². The first-order valence-corrected chi connectivity index (χ1v) is 11.2. The predicted octanol–water partition coefficient (Wildman–Crippen LogP) is 3.21. The Bertz CT molecular complexity index is 714. The first kappa shape index (κ1) is 20.4. The summed E-state index contributed by atoms with van der Waals surface area (Å²) >= 11 is 0. The van der Waals surface area contributed by atoms with Gasteiger partial charge in [-0.1, -0.05) is 6.42 Å². The third-order valence-corrected chi connectivity index (χ3v) is 7.00. The summed E-state index contributed by atoms with van der Waals surface area (Å²) in [7, 11) is 0. The molecule has 4 heterocycles. The summed E-state index contributed by atoms with van der Waals surface area (Å²) in [5.74, 6) is 1.63. The fourth-order valence-electron chi connectivity index (χ4n) is 5.32. The molecule has 6 heteroatoms. The molecule has 4 saturated heterocycles. The molecule has 1 aromatic carbocycles. The van der Waals surface area contributed by atoms with Crippen LogP contribution in [0.5, 0.6) is 0 Å². The number of benzene rings is 1. The van der Waals surface area contributed by atoms with Gasteiger partial charge in [0.05, 0.1) is 0 Å². The van der Waals surface area contributed by atoms with Crippen LogP contribution < -0.4 is 10.6 Å². The Labute approximate surface area is 174 Å². The second kappa shape index (κ2) is 9.26. The lowest BCUT2D eigenvalue weighted by Gasteiger charge is -2.51. The van der Waals surface area contributed by atoms with Crippen molar-refractivity contribution in [3.8, 4) is 0 Å². The first-order valence-electron chi connectivity index (χ1n) is 11.2. The van der Waals surface area contributed by atoms with Gasteiger partial charge in [-0.2, -0.15) is 0 Å². The summed E-state index contributed by atoms with van der Waals surface area (Å²) in [6, 6.07) is 7.31. The zero-order chi connectivity index (χ0) is 20.2. The fraction of sp³-hybridized carbons (Fsp3) is 0.652. The molecule has 4 aliphatic rings. The molecule has 0 aliphatic carbocycles. The number of carbonyl (C=O) groups is 2. The molecular formula is C23H34N4O2. The standard InChI is InChI=1S/C23H34N4O2/c1-17(28)18-5-7-21(8-6-18)25-23(29)24-14-22-13-19-9-12-27(22)16-20(19)15-26-10-3-2-4-11-26/h5-8,19-20,22H,2-4,9-16H2,1H3,(H2,24,25,29)/t19-,20+,22+/m1/s1. The second-order valence-electron chi connectivity index (χ2n) is 9.02. The number of nitrogens with zero attached hydrogens (tertiary/aromatic N) is 2. The molecule has 6 nitrogen and oxygen atoms in total. The van der Waals surface area contributed by atoms with Crippen LogP contribution in [0.25, 0.3) is 0 Å². The molecule has 29 heavy (non-hydrogen) atoms. The number of carbonyl (C=O) groups excluding carboxylic acids is 2. The molecular weight excluding hydrogens is 364 g/mol. The van der Waals surface area contributed by atoms with E-state index in [1.807, 2.05) is 0 Å². The van der Waals surface area contributed by atoms with Crippen LogP contribution in [0.4, 0.5) is 10.5 Å². The number of rotatable bonds is 6. The summed E-state index contributed by atoms with van der Waals surface area (Å²) in [5, 5.41) is 5.92. The lowest BCUT2D eigenvalue weighted by molar-refractivity contribution is -0.0128. The minimum absolute atomic E-state index is 0.0287. The Balaban J connectivity index is 1.22. The van der Waals surface area contributed by atoms with Crippen LogP contribution in [0.2, 0.25) is 0 Å². The lowest BCUT2D eigenvalue weighted by atomic mass is 9.75. The van der Waals surface area contributed by atoms with Gasteiger partial charge in [0.1, 0.15) is 0 Å². The second-order valence-corrected chi connectivity index (χ2v) is 9.02. The Morgan fingerprint density at radius 3 is 2.48 bits per heavy atom. The number of anilines is 1. The Morgan fingerprint density at radius 1 is 1.07 bits per heavy atom. The summed E-state index contributed by atoms with van der Waals surface area (Å²) in [6.07, 6.45) is 6.63. The average Bonchev–Trinajstić information content (AvgIpc) is 2.74. The zero-order valence-electron chi connectivity index (χ0n) is 17.5. The topological polar surface area (TPSA) is 64.7 Å². The smallest absolute Gasteiger partial charge is 0.319 e. The number of amides is 2. The van der Waals surface area contributed by atoms with E-state index in [0.29, 0.717) is 23.8 Å². The van der Waals surface area contributed by atoms with Crippen LogP contribution >= 0.6 is 0 Å². The average molecular weight is 399 g/mol. The maximum Gasteiger partial charge on any atom is 0.319 e. The van der Waals surface area contributed by atoms with E-state index < -0.39 is 0 Å². The van der Waals surface area contributed by atoms with E-state index in [4.69, 9.17) is 0 Å². The van der Waals surface area contributed by atoms with Crippen LogP contribution in [0, 0.1) is 11.8 Å². The highest BCUT2D eigenvalue weighted by molar-refractivity contribution is 5.95. The van der Waals surface area contributed by atoms with Crippen LogP contribution in [0.1, 0.15) is 49.4 Å². The summed E-state index contributed by atoms with van der Waals surface area (Å²) < 4.78 is 0. The molecule has 158 valence electrons. The summed E-state index contributed by atoms with van der Waals surface area (Å²) in [4.78, 5) is 28.9. The van der Waals surface area contributed by atoms with Crippen molar-refractivity contribution in [1.82, 2.24) is 15.1 Å². The molecule has 4 aliphatic heterocycles. The number of hydrogen-bond donors (Lipinski definition) is 2. The minimum atomic E-state index is -0.173. The molecule has 1 aromatic rings. The molecule has 2 amide bonds. The monoisotopic (exact) mass is 398 g/mol. The van der Waals surface area contributed by atoms with Crippen molar-refractivity contribution in [2.75, 3.05) is 44.6 Å². The number of ketones is 1. The van der Waals surface area contributed by atoms with Gasteiger partial charge in [0.2, 0.25) is 0 Å². The molecule has 0 saturated carbocycles. The molecule has 5 rings (SSSR count). The van der Waals surface area contributed by atoms with Crippen molar-refractivity contribution >= 4 is 17.5 Å². The van der Waals surface area contributed by atoms with Gasteiger partial charge in [-0.05, 0) is 88.3 Å². The minimum Gasteiger partial charge on any atom is -0.336 e. The maximum absolute atomic E-state index is 12.3. The highest BCUT2D eigenvalue weighted by Gasteiger charge is 2.40. The van der Waals surface area contributed by atoms with Gasteiger partial charge in [-0.25, -0.2) is 4.79 Å². The molecule has 0 spiro atoms. The lowest BCUT2D eigenvalue weighted by Crippen LogP contribution is -2.58. The Hall–Kier alpha value is -1.92. The predicted molar refractivity (Wildman–Crippen MR) is 115 cm³/mol. The van der Waals surface area contributed by atoms with Gasteiger partial charge in [-0.3, -0.25) is 9.69 Å². The molecule has 2 N–H and O–H groups in total. The summed E-state index contributed by atoms with van der Waals surface area (Å²) in [5.41, 5.74) is 1.36. The normalized spacial score (nSPS) is 29.4. The highest BCUT2D eigenvalue weighted by atomic mass is 16.2. The van der Waals surface area contributed by atoms with Crippen LogP contribution in [-0.2, 0) is 0 Å². The van der Waals surface area contributed by atoms with Gasteiger partial charge >= 0.3 is 6.03 Å². The van der Waals surface area contributed by atoms with Gasteiger partial charge in [-0.15, -0.1) is 0 Å². The van der Waals surface area contributed by atoms with Gasteiger partial charge in [0.25, 0.3) is 0 Å². The fourth-order valence-corrected chi connectivity index (χ4v) is 5.32. The molecule has 4 atom stereocenters. The highest BCUT2D eigenvalue weighted by Crippen LogP contribution is 2.36.